The summed E-state index contributed by atoms with van der Waals surface area (Å²) in [5, 5.41) is 9.14. The average molecular weight is 594 g/mol. The first-order chi connectivity index (χ1) is 21.4. The summed E-state index contributed by atoms with van der Waals surface area (Å²) in [6.45, 7) is 3.94. The number of ether oxygens (including phenoxy) is 1. The zero-order chi connectivity index (χ0) is 31.1. The number of carbonyl (C=O) groups excluding carboxylic acids is 3. The van der Waals surface area contributed by atoms with Crippen LogP contribution in [-0.4, -0.2) is 40.4 Å². The van der Waals surface area contributed by atoms with Crippen LogP contribution in [-0.2, 0) is 22.4 Å². The lowest BCUT2D eigenvalue weighted by molar-refractivity contribution is -0.131. The van der Waals surface area contributed by atoms with Gasteiger partial charge in [0.25, 0.3) is 0 Å². The molecule has 2 heterocycles. The highest BCUT2D eigenvalue weighted by Gasteiger charge is 2.47. The van der Waals surface area contributed by atoms with Gasteiger partial charge in [0.1, 0.15) is 17.8 Å². The van der Waals surface area contributed by atoms with Crippen LogP contribution in [0.15, 0.2) is 95.4 Å². The van der Waals surface area contributed by atoms with Gasteiger partial charge in [-0.15, -0.1) is 0 Å². The van der Waals surface area contributed by atoms with Crippen molar-refractivity contribution in [3.05, 3.63) is 119 Å². The van der Waals surface area contributed by atoms with Gasteiger partial charge in [-0.3, -0.25) is 9.59 Å². The number of hydrogen-bond acceptors (Lipinski definition) is 6. The summed E-state index contributed by atoms with van der Waals surface area (Å²) >= 11 is 0. The molecule has 0 aliphatic carbocycles. The summed E-state index contributed by atoms with van der Waals surface area (Å²) in [5.74, 6) is -1.47. The van der Waals surface area contributed by atoms with E-state index in [4.69, 9.17) is 14.3 Å². The topological polar surface area (TPSA) is 97.1 Å². The Balaban J connectivity index is 1.47. The molecule has 0 spiro atoms. The molecule has 2 amide bonds. The van der Waals surface area contributed by atoms with Crippen molar-refractivity contribution in [2.24, 2.45) is 5.92 Å². The highest BCUT2D eigenvalue weighted by molar-refractivity contribution is 6.12. The van der Waals surface area contributed by atoms with E-state index < -0.39 is 35.8 Å². The van der Waals surface area contributed by atoms with Gasteiger partial charge in [-0.05, 0) is 55.9 Å². The number of nitrogens with zero attached hydrogens (tertiary/aromatic N) is 1. The number of carbonyl (C=O) groups is 3. The van der Waals surface area contributed by atoms with E-state index >= 15 is 0 Å². The first-order valence-corrected chi connectivity index (χ1v) is 15.3. The third-order valence-electron chi connectivity index (χ3n) is 8.23. The molecule has 1 saturated heterocycles. The van der Waals surface area contributed by atoms with E-state index in [2.05, 4.69) is 0 Å². The van der Waals surface area contributed by atoms with E-state index in [1.54, 1.807) is 13.0 Å². The molecule has 228 valence electrons. The van der Waals surface area contributed by atoms with Crippen molar-refractivity contribution in [3.8, 4) is 11.1 Å². The van der Waals surface area contributed by atoms with Crippen LogP contribution in [0, 0.1) is 12.8 Å². The first-order valence-electron chi connectivity index (χ1n) is 15.3. The number of unbranched alkanes of at least 4 members (excludes halogenated alkanes) is 3. The molecule has 0 bridgehead atoms. The van der Waals surface area contributed by atoms with E-state index in [0.29, 0.717) is 12.2 Å². The molecule has 1 aliphatic heterocycles. The lowest BCUT2D eigenvalue weighted by Gasteiger charge is -2.23. The summed E-state index contributed by atoms with van der Waals surface area (Å²) in [6, 6.07) is 27.8. The van der Waals surface area contributed by atoms with E-state index in [1.807, 2.05) is 91.9 Å². The van der Waals surface area contributed by atoms with Gasteiger partial charge >= 0.3 is 6.09 Å². The number of rotatable bonds is 13. The molecule has 4 aromatic rings. The molecule has 1 aromatic heterocycles. The van der Waals surface area contributed by atoms with Crippen LogP contribution in [0.5, 0.6) is 0 Å². The molecule has 3 atom stereocenters. The Kier molecular flexibility index (Phi) is 10.1. The molecule has 0 unspecified atom stereocenters. The molecule has 5 rings (SSSR count). The fraction of sp³-hybridized carbons (Fsp3) is 0.324. The maximum atomic E-state index is 14.3. The SMILES string of the molecule is Cc1cccc(-c2cc(C(=O)[C@H](Cc3ccccc3)C(=O)N3C(=O)O[C@H](c4ccccc4)[C@@H]3C)oc2CCCCCCO)c1. The van der Waals surface area contributed by atoms with E-state index in [9.17, 15) is 14.4 Å². The van der Waals surface area contributed by atoms with Crippen LogP contribution < -0.4 is 0 Å². The Morgan fingerprint density at radius 2 is 1.59 bits per heavy atom. The molecule has 7 nitrogen and oxygen atoms in total. The average Bonchev–Trinajstić information content (AvgIpc) is 3.60. The molecule has 7 heteroatoms. The minimum atomic E-state index is -1.18. The number of furan rings is 1. The summed E-state index contributed by atoms with van der Waals surface area (Å²) in [4.78, 5) is 42.7. The Hall–Kier alpha value is -4.49. The molecule has 0 radical (unpaired) electrons. The molecule has 1 fully saturated rings. The monoisotopic (exact) mass is 593 g/mol. The summed E-state index contributed by atoms with van der Waals surface area (Å²) < 4.78 is 11.9. The van der Waals surface area contributed by atoms with Gasteiger partial charge < -0.3 is 14.3 Å². The maximum Gasteiger partial charge on any atom is 0.417 e. The van der Waals surface area contributed by atoms with Crippen LogP contribution in [0.1, 0.15) is 71.7 Å². The zero-order valence-electron chi connectivity index (χ0n) is 25.3. The van der Waals surface area contributed by atoms with Crippen LogP contribution in [0.4, 0.5) is 4.79 Å². The quantitative estimate of drug-likeness (QED) is 0.0980. The fourth-order valence-electron chi connectivity index (χ4n) is 5.87. The van der Waals surface area contributed by atoms with Crippen molar-refractivity contribution < 1.29 is 28.6 Å². The van der Waals surface area contributed by atoms with Gasteiger partial charge in [0, 0.05) is 18.6 Å². The highest BCUT2D eigenvalue weighted by Crippen LogP contribution is 2.35. The minimum Gasteiger partial charge on any atom is -0.457 e. The van der Waals surface area contributed by atoms with Crippen molar-refractivity contribution in [1.29, 1.82) is 0 Å². The number of aliphatic hydroxyl groups is 1. The van der Waals surface area contributed by atoms with Gasteiger partial charge in [-0.1, -0.05) is 103 Å². The largest absolute Gasteiger partial charge is 0.457 e. The molecule has 1 N–H and O–H groups in total. The van der Waals surface area contributed by atoms with E-state index in [0.717, 1.165) is 58.4 Å². The predicted molar refractivity (Wildman–Crippen MR) is 168 cm³/mol. The van der Waals surface area contributed by atoms with Gasteiger partial charge in [0.2, 0.25) is 11.7 Å². The van der Waals surface area contributed by atoms with Gasteiger partial charge in [0.05, 0.1) is 6.04 Å². The number of aryl methyl sites for hydroxylation is 2. The van der Waals surface area contributed by atoms with Crippen molar-refractivity contribution in [1.82, 2.24) is 4.90 Å². The molecule has 44 heavy (non-hydrogen) atoms. The van der Waals surface area contributed by atoms with E-state index in [-0.39, 0.29) is 18.8 Å². The maximum absolute atomic E-state index is 14.3. The highest BCUT2D eigenvalue weighted by atomic mass is 16.6. The number of amides is 2. The van der Waals surface area contributed by atoms with Crippen molar-refractivity contribution in [3.63, 3.8) is 0 Å². The third kappa shape index (κ3) is 7.00. The predicted octanol–water partition coefficient (Wildman–Crippen LogP) is 7.50. The van der Waals surface area contributed by atoms with Gasteiger partial charge in [0.15, 0.2) is 5.76 Å². The Morgan fingerprint density at radius 1 is 0.886 bits per heavy atom. The Bertz CT molecular complexity index is 1580. The number of aliphatic hydroxyl groups excluding tert-OH is 1. The van der Waals surface area contributed by atoms with Crippen molar-refractivity contribution >= 4 is 17.8 Å². The lowest BCUT2D eigenvalue weighted by Crippen LogP contribution is -2.44. The molecular formula is C37H39NO6. The normalized spacial score (nSPS) is 17.0. The van der Waals surface area contributed by atoms with Crippen molar-refractivity contribution in [2.75, 3.05) is 6.61 Å². The third-order valence-corrected chi connectivity index (χ3v) is 8.23. The number of cyclic esters (lactones) is 1. The smallest absolute Gasteiger partial charge is 0.417 e. The minimum absolute atomic E-state index is 0.0981. The zero-order valence-corrected chi connectivity index (χ0v) is 25.3. The van der Waals surface area contributed by atoms with Crippen LogP contribution in [0.3, 0.4) is 0 Å². The Morgan fingerprint density at radius 3 is 2.30 bits per heavy atom. The molecule has 1 aliphatic rings. The van der Waals surface area contributed by atoms with Gasteiger partial charge in [-0.2, -0.15) is 0 Å². The van der Waals surface area contributed by atoms with Crippen LogP contribution in [0.2, 0.25) is 0 Å². The molecule has 3 aromatic carbocycles. The molecule has 0 saturated carbocycles. The Labute approximate surface area is 258 Å². The summed E-state index contributed by atoms with van der Waals surface area (Å²) in [7, 11) is 0. The number of hydrogen-bond donors (Lipinski definition) is 1. The van der Waals surface area contributed by atoms with Crippen molar-refractivity contribution in [2.45, 2.75) is 64.5 Å². The lowest BCUT2D eigenvalue weighted by atomic mass is 9.91. The number of Topliss-reactive ketones (excluding diaryl/α,β-unsaturated/α-hetero) is 1. The summed E-state index contributed by atoms with van der Waals surface area (Å²) in [6.07, 6.45) is 2.76. The first kappa shape index (κ1) is 31.0. The summed E-state index contributed by atoms with van der Waals surface area (Å²) in [5.41, 5.74) is 4.42. The number of ketones is 1. The van der Waals surface area contributed by atoms with Gasteiger partial charge in [-0.25, -0.2) is 9.69 Å². The second-order valence-electron chi connectivity index (χ2n) is 11.5. The second kappa shape index (κ2) is 14.3. The fourth-order valence-corrected chi connectivity index (χ4v) is 5.87. The second-order valence-corrected chi connectivity index (χ2v) is 11.5. The number of benzene rings is 3. The van der Waals surface area contributed by atoms with E-state index in [1.165, 1.54) is 0 Å². The molecular weight excluding hydrogens is 554 g/mol. The van der Waals surface area contributed by atoms with Crippen LogP contribution >= 0.6 is 0 Å². The van der Waals surface area contributed by atoms with Crippen LogP contribution in [0.25, 0.3) is 11.1 Å². The number of imide groups is 1. The standard InChI is InChI=1S/C37H39NO6/c1-25-14-13-19-29(22-25)30-24-33(43-32(30)20-11-3-4-12-21-39)34(40)31(23-27-15-7-5-8-16-27)36(41)38-26(2)35(44-37(38)42)28-17-9-6-10-18-28/h5-10,13-19,22,24,26,31,35,39H,3-4,11-12,20-21,23H2,1-2H3/t26-,31-,35-/m0/s1.